The van der Waals surface area contributed by atoms with Crippen LogP contribution in [0.1, 0.15) is 61.8 Å². The van der Waals surface area contributed by atoms with E-state index in [0.717, 1.165) is 29.8 Å². The molecule has 26 heavy (non-hydrogen) atoms. The zero-order chi connectivity index (χ0) is 18.4. The fourth-order valence-corrected chi connectivity index (χ4v) is 3.29. The van der Waals surface area contributed by atoms with Crippen molar-refractivity contribution in [2.45, 2.75) is 52.1 Å². The first-order valence-corrected chi connectivity index (χ1v) is 9.51. The van der Waals surface area contributed by atoms with E-state index in [1.165, 1.54) is 19.3 Å². The number of aryl methyl sites for hydroxylation is 1. The van der Waals surface area contributed by atoms with Crippen LogP contribution >= 0.6 is 0 Å². The molecule has 1 atom stereocenters. The molecule has 0 bridgehead atoms. The molecular formula is C22H27N3O. The largest absolute Gasteiger partial charge is 0.342 e. The third kappa shape index (κ3) is 4.13. The third-order valence-corrected chi connectivity index (χ3v) is 4.69. The molecule has 1 amide bonds. The molecule has 0 fully saturated rings. The lowest BCUT2D eigenvalue weighted by atomic mass is 10.2. The molecule has 0 unspecified atom stereocenters. The first-order chi connectivity index (χ1) is 12.7. The number of aromatic nitrogens is 2. The molecule has 4 nitrogen and oxygen atoms in total. The van der Waals surface area contributed by atoms with Crippen molar-refractivity contribution in [3.8, 4) is 0 Å². The second kappa shape index (κ2) is 8.65. The SMILES string of the molecule is CCCCCCn1c([C@@H](C)NC(=O)c2ccccc2)nc2ccccc21. The standard InChI is InChI=1S/C22H27N3O/c1-3-4-5-11-16-25-20-15-10-9-14-19(20)24-21(25)17(2)23-22(26)18-12-7-6-8-13-18/h6-10,12-15,17H,3-5,11,16H2,1-2H3,(H,23,26)/t17-/m1/s1. The lowest BCUT2D eigenvalue weighted by Crippen LogP contribution is -2.28. The summed E-state index contributed by atoms with van der Waals surface area (Å²) in [6, 6.07) is 17.4. The minimum Gasteiger partial charge on any atom is -0.342 e. The smallest absolute Gasteiger partial charge is 0.251 e. The van der Waals surface area contributed by atoms with E-state index in [2.05, 4.69) is 22.9 Å². The van der Waals surface area contributed by atoms with E-state index in [1.54, 1.807) is 0 Å². The number of nitrogens with one attached hydrogen (secondary N) is 1. The van der Waals surface area contributed by atoms with Gasteiger partial charge in [0.25, 0.3) is 5.91 Å². The molecule has 0 spiro atoms. The Labute approximate surface area is 155 Å². The minimum atomic E-state index is -0.152. The number of benzene rings is 2. The molecule has 0 saturated heterocycles. The van der Waals surface area contributed by atoms with Gasteiger partial charge in [0, 0.05) is 12.1 Å². The van der Waals surface area contributed by atoms with Gasteiger partial charge in [0.05, 0.1) is 17.1 Å². The van der Waals surface area contributed by atoms with E-state index in [4.69, 9.17) is 4.98 Å². The average molecular weight is 349 g/mol. The van der Waals surface area contributed by atoms with Crippen molar-refractivity contribution in [3.05, 3.63) is 66.0 Å². The maximum Gasteiger partial charge on any atom is 0.251 e. The molecule has 4 heteroatoms. The molecule has 3 aromatic rings. The fourth-order valence-electron chi connectivity index (χ4n) is 3.29. The molecule has 0 saturated carbocycles. The van der Waals surface area contributed by atoms with Gasteiger partial charge >= 0.3 is 0 Å². The van der Waals surface area contributed by atoms with Crippen molar-refractivity contribution in [2.24, 2.45) is 0 Å². The molecular weight excluding hydrogens is 322 g/mol. The maximum atomic E-state index is 12.5. The minimum absolute atomic E-state index is 0.0670. The number of imidazole rings is 1. The van der Waals surface area contributed by atoms with Crippen LogP contribution in [-0.4, -0.2) is 15.5 Å². The van der Waals surface area contributed by atoms with Crippen LogP contribution in [0.15, 0.2) is 54.6 Å². The van der Waals surface area contributed by atoms with E-state index in [-0.39, 0.29) is 11.9 Å². The lowest BCUT2D eigenvalue weighted by Gasteiger charge is -2.16. The summed E-state index contributed by atoms with van der Waals surface area (Å²) < 4.78 is 2.26. The number of hydrogen-bond donors (Lipinski definition) is 1. The Bertz CT molecular complexity index is 854. The highest BCUT2D eigenvalue weighted by atomic mass is 16.1. The summed E-state index contributed by atoms with van der Waals surface area (Å²) in [6.07, 6.45) is 4.82. The number of para-hydroxylation sites is 2. The van der Waals surface area contributed by atoms with E-state index in [0.29, 0.717) is 5.56 Å². The van der Waals surface area contributed by atoms with Gasteiger partial charge in [0.1, 0.15) is 5.82 Å². The quantitative estimate of drug-likeness (QED) is 0.575. The monoisotopic (exact) mass is 349 g/mol. The van der Waals surface area contributed by atoms with E-state index < -0.39 is 0 Å². The van der Waals surface area contributed by atoms with Crippen molar-refractivity contribution >= 4 is 16.9 Å². The topological polar surface area (TPSA) is 46.9 Å². The number of carbonyl (C=O) groups is 1. The third-order valence-electron chi connectivity index (χ3n) is 4.69. The van der Waals surface area contributed by atoms with Gasteiger partial charge < -0.3 is 9.88 Å². The Hall–Kier alpha value is -2.62. The number of nitrogens with zero attached hydrogens (tertiary/aromatic N) is 2. The zero-order valence-electron chi connectivity index (χ0n) is 15.6. The van der Waals surface area contributed by atoms with Crippen LogP contribution < -0.4 is 5.32 Å². The van der Waals surface area contributed by atoms with Gasteiger partial charge in [-0.1, -0.05) is 56.5 Å². The Kier molecular flexibility index (Phi) is 6.05. The van der Waals surface area contributed by atoms with Gasteiger partial charge in [-0.3, -0.25) is 4.79 Å². The normalized spacial score (nSPS) is 12.2. The molecule has 0 radical (unpaired) electrons. The molecule has 0 aliphatic rings. The van der Waals surface area contributed by atoms with Crippen LogP contribution in [0, 0.1) is 0 Å². The fraction of sp³-hybridized carbons (Fsp3) is 0.364. The highest BCUT2D eigenvalue weighted by molar-refractivity contribution is 5.94. The van der Waals surface area contributed by atoms with Crippen molar-refractivity contribution < 1.29 is 4.79 Å². The van der Waals surface area contributed by atoms with E-state index >= 15 is 0 Å². The van der Waals surface area contributed by atoms with Gasteiger partial charge in [-0.05, 0) is 37.6 Å². The van der Waals surface area contributed by atoms with Crippen LogP contribution in [0.25, 0.3) is 11.0 Å². The molecule has 0 aliphatic carbocycles. The zero-order valence-corrected chi connectivity index (χ0v) is 15.6. The number of rotatable bonds is 8. The highest BCUT2D eigenvalue weighted by Gasteiger charge is 2.18. The molecule has 1 aromatic heterocycles. The number of carbonyl (C=O) groups excluding carboxylic acids is 1. The summed E-state index contributed by atoms with van der Waals surface area (Å²) in [5.41, 5.74) is 2.79. The van der Waals surface area contributed by atoms with Crippen molar-refractivity contribution in [1.29, 1.82) is 0 Å². The Morgan fingerprint density at radius 3 is 2.54 bits per heavy atom. The molecule has 136 valence electrons. The van der Waals surface area contributed by atoms with Crippen molar-refractivity contribution in [1.82, 2.24) is 14.9 Å². The predicted octanol–water partition coefficient (Wildman–Crippen LogP) is 5.11. The van der Waals surface area contributed by atoms with Gasteiger partial charge in [-0.2, -0.15) is 0 Å². The predicted molar refractivity (Wildman–Crippen MR) is 106 cm³/mol. The number of unbranched alkanes of at least 4 members (excludes halogenated alkanes) is 3. The summed E-state index contributed by atoms with van der Waals surface area (Å²) >= 11 is 0. The lowest BCUT2D eigenvalue weighted by molar-refractivity contribution is 0.0937. The van der Waals surface area contributed by atoms with Crippen LogP contribution in [-0.2, 0) is 6.54 Å². The number of hydrogen-bond acceptors (Lipinski definition) is 2. The van der Waals surface area contributed by atoms with Gasteiger partial charge in [-0.15, -0.1) is 0 Å². The van der Waals surface area contributed by atoms with Gasteiger partial charge in [-0.25, -0.2) is 4.98 Å². The van der Waals surface area contributed by atoms with Crippen LogP contribution in [0.3, 0.4) is 0 Å². The van der Waals surface area contributed by atoms with E-state index in [9.17, 15) is 4.79 Å². The Balaban J connectivity index is 1.82. The van der Waals surface area contributed by atoms with E-state index in [1.807, 2.05) is 55.5 Å². The van der Waals surface area contributed by atoms with Crippen LogP contribution in [0.5, 0.6) is 0 Å². The second-order valence-corrected chi connectivity index (χ2v) is 6.73. The van der Waals surface area contributed by atoms with Crippen LogP contribution in [0.4, 0.5) is 0 Å². The molecule has 2 aromatic carbocycles. The Morgan fingerprint density at radius 1 is 1.04 bits per heavy atom. The first-order valence-electron chi connectivity index (χ1n) is 9.51. The van der Waals surface area contributed by atoms with Crippen molar-refractivity contribution in [3.63, 3.8) is 0 Å². The van der Waals surface area contributed by atoms with Crippen LogP contribution in [0.2, 0.25) is 0 Å². The van der Waals surface area contributed by atoms with Crippen molar-refractivity contribution in [2.75, 3.05) is 0 Å². The summed E-state index contributed by atoms with van der Waals surface area (Å²) in [5, 5.41) is 3.09. The second-order valence-electron chi connectivity index (χ2n) is 6.73. The molecule has 3 rings (SSSR count). The summed E-state index contributed by atoms with van der Waals surface area (Å²) in [6.45, 7) is 5.16. The first kappa shape index (κ1) is 18.2. The molecule has 0 aliphatic heterocycles. The summed E-state index contributed by atoms with van der Waals surface area (Å²) in [7, 11) is 0. The Morgan fingerprint density at radius 2 is 1.77 bits per heavy atom. The number of fused-ring (bicyclic) bond motifs is 1. The molecule has 1 N–H and O–H groups in total. The average Bonchev–Trinajstić information content (AvgIpc) is 3.05. The highest BCUT2D eigenvalue weighted by Crippen LogP contribution is 2.22. The summed E-state index contributed by atoms with van der Waals surface area (Å²) in [5.74, 6) is 0.856. The number of amides is 1. The maximum absolute atomic E-state index is 12.5. The van der Waals surface area contributed by atoms with Gasteiger partial charge in [0.2, 0.25) is 0 Å². The summed E-state index contributed by atoms with van der Waals surface area (Å²) in [4.78, 5) is 17.3. The molecule has 1 heterocycles. The van der Waals surface area contributed by atoms with Gasteiger partial charge in [0.15, 0.2) is 0 Å².